The molecule has 35 heavy (non-hydrogen) atoms. The number of carbonyl (C=O) groups excluding carboxylic acids is 2. The normalized spacial score (nSPS) is 10.9. The molecule has 0 bridgehead atoms. The Hall–Kier alpha value is -4.13. The Morgan fingerprint density at radius 3 is 2.49 bits per heavy atom. The van der Waals surface area contributed by atoms with E-state index in [1.165, 1.54) is 29.8 Å². The van der Waals surface area contributed by atoms with E-state index in [4.69, 9.17) is 4.74 Å². The molecular weight excluding hydrogens is 445 g/mol. The predicted octanol–water partition coefficient (Wildman–Crippen LogP) is 6.23. The number of aryl methyl sites for hydroxylation is 1. The minimum atomic E-state index is -0.506. The summed E-state index contributed by atoms with van der Waals surface area (Å²) < 4.78 is 21.5. The minimum absolute atomic E-state index is 0.169. The molecule has 0 atom stereocenters. The van der Waals surface area contributed by atoms with E-state index in [1.807, 2.05) is 51.2 Å². The third kappa shape index (κ3) is 5.35. The molecule has 0 aliphatic heterocycles. The van der Waals surface area contributed by atoms with Crippen LogP contribution < -0.4 is 10.1 Å². The highest BCUT2D eigenvalue weighted by Crippen LogP contribution is 2.35. The molecule has 0 fully saturated rings. The molecule has 3 aromatic carbocycles. The van der Waals surface area contributed by atoms with Crippen molar-refractivity contribution < 1.29 is 18.7 Å². The quantitative estimate of drug-likeness (QED) is 0.346. The van der Waals surface area contributed by atoms with Crippen LogP contribution in [0.15, 0.2) is 72.9 Å². The number of ether oxygens (including phenoxy) is 1. The topological polar surface area (TPSA) is 63.6 Å². The van der Waals surface area contributed by atoms with Crippen LogP contribution in [0.1, 0.15) is 35.3 Å². The van der Waals surface area contributed by atoms with Gasteiger partial charge >= 0.3 is 6.09 Å². The van der Waals surface area contributed by atoms with E-state index >= 15 is 0 Å². The molecule has 0 spiro atoms. The summed E-state index contributed by atoms with van der Waals surface area (Å²) in [5.41, 5.74) is 3.71. The largest absolute Gasteiger partial charge is 0.415 e. The Labute approximate surface area is 203 Å². The number of carbonyl (C=O) groups is 2. The van der Waals surface area contributed by atoms with E-state index in [-0.39, 0.29) is 11.3 Å². The predicted molar refractivity (Wildman–Crippen MR) is 136 cm³/mol. The summed E-state index contributed by atoms with van der Waals surface area (Å²) in [4.78, 5) is 27.2. The fraction of sp³-hybridized carbons (Fsp3) is 0.214. The molecule has 1 aromatic heterocycles. The molecule has 2 amide bonds. The maximum absolute atomic E-state index is 13.7. The number of aromatic nitrogens is 1. The Bertz CT molecular complexity index is 1380. The first kappa shape index (κ1) is 24.0. The van der Waals surface area contributed by atoms with E-state index in [9.17, 15) is 14.0 Å². The molecule has 1 N–H and O–H groups in total. The SMILES string of the molecule is CCN(CC)C(=O)Oc1ccc2c(ccn2Cc2cccc(C)c2)c1NC(=O)c1cccc(F)c1. The van der Waals surface area contributed by atoms with Crippen LogP contribution in [-0.4, -0.2) is 34.6 Å². The number of fused-ring (bicyclic) bond motifs is 1. The van der Waals surface area contributed by atoms with Crippen molar-refractivity contribution in [1.82, 2.24) is 9.47 Å². The van der Waals surface area contributed by atoms with Gasteiger partial charge in [0.25, 0.3) is 5.91 Å². The fourth-order valence-electron chi connectivity index (χ4n) is 4.07. The van der Waals surface area contributed by atoms with Gasteiger partial charge in [0.2, 0.25) is 0 Å². The summed E-state index contributed by atoms with van der Waals surface area (Å²) in [5, 5.41) is 3.56. The highest BCUT2D eigenvalue weighted by atomic mass is 19.1. The van der Waals surface area contributed by atoms with E-state index in [0.717, 1.165) is 11.1 Å². The number of anilines is 1. The molecule has 1 heterocycles. The molecule has 0 aliphatic rings. The smallest absolute Gasteiger partial charge is 0.408 e. The zero-order chi connectivity index (χ0) is 24.9. The van der Waals surface area contributed by atoms with Gasteiger partial charge in [-0.25, -0.2) is 9.18 Å². The zero-order valence-electron chi connectivity index (χ0n) is 20.0. The lowest BCUT2D eigenvalue weighted by Crippen LogP contribution is -2.33. The van der Waals surface area contributed by atoms with Crippen LogP contribution in [0.2, 0.25) is 0 Å². The van der Waals surface area contributed by atoms with Crippen molar-refractivity contribution in [3.8, 4) is 5.75 Å². The number of benzene rings is 3. The molecule has 0 unspecified atom stereocenters. The van der Waals surface area contributed by atoms with Crippen LogP contribution in [0.4, 0.5) is 14.9 Å². The summed E-state index contributed by atoms with van der Waals surface area (Å²) in [7, 11) is 0. The van der Waals surface area contributed by atoms with Crippen molar-refractivity contribution in [3.63, 3.8) is 0 Å². The zero-order valence-corrected chi connectivity index (χ0v) is 20.0. The standard InChI is InChI=1S/C28H28FN3O3/c1-4-31(5-2)28(34)35-25-13-12-24-23(14-15-32(24)18-20-9-6-8-19(3)16-20)26(25)30-27(33)21-10-7-11-22(29)17-21/h6-17H,4-5,18H2,1-3H3,(H,30,33). The molecule has 4 aromatic rings. The average Bonchev–Trinajstić information content (AvgIpc) is 3.24. The molecule has 0 saturated heterocycles. The number of nitrogens with one attached hydrogen (secondary N) is 1. The first-order valence-corrected chi connectivity index (χ1v) is 11.6. The minimum Gasteiger partial charge on any atom is -0.408 e. The second kappa shape index (κ2) is 10.4. The van der Waals surface area contributed by atoms with E-state index in [0.29, 0.717) is 30.7 Å². The van der Waals surface area contributed by atoms with Crippen molar-refractivity contribution in [3.05, 3.63) is 95.4 Å². The van der Waals surface area contributed by atoms with Gasteiger partial charge in [-0.15, -0.1) is 0 Å². The van der Waals surface area contributed by atoms with Gasteiger partial charge in [0.15, 0.2) is 5.75 Å². The number of hydrogen-bond acceptors (Lipinski definition) is 3. The number of hydrogen-bond donors (Lipinski definition) is 1. The molecule has 6 nitrogen and oxygen atoms in total. The number of halogens is 1. The van der Waals surface area contributed by atoms with E-state index < -0.39 is 17.8 Å². The van der Waals surface area contributed by atoms with Crippen molar-refractivity contribution in [2.75, 3.05) is 18.4 Å². The highest BCUT2D eigenvalue weighted by Gasteiger charge is 2.20. The third-order valence-corrected chi connectivity index (χ3v) is 5.89. The lowest BCUT2D eigenvalue weighted by molar-refractivity contribution is 0.102. The molecule has 4 rings (SSSR count). The van der Waals surface area contributed by atoms with Gasteiger partial charge < -0.3 is 19.5 Å². The summed E-state index contributed by atoms with van der Waals surface area (Å²) in [6.07, 6.45) is 1.43. The Morgan fingerprint density at radius 2 is 1.77 bits per heavy atom. The molecule has 0 radical (unpaired) electrons. The van der Waals surface area contributed by atoms with Crippen LogP contribution in [-0.2, 0) is 6.54 Å². The van der Waals surface area contributed by atoms with Crippen LogP contribution in [0, 0.1) is 12.7 Å². The second-order valence-electron chi connectivity index (χ2n) is 8.31. The number of nitrogens with zero attached hydrogens (tertiary/aromatic N) is 2. The third-order valence-electron chi connectivity index (χ3n) is 5.89. The van der Waals surface area contributed by atoms with Gasteiger partial charge in [-0.3, -0.25) is 4.79 Å². The van der Waals surface area contributed by atoms with Crippen LogP contribution in [0.3, 0.4) is 0 Å². The van der Waals surface area contributed by atoms with Crippen LogP contribution in [0.5, 0.6) is 5.75 Å². The van der Waals surface area contributed by atoms with Crippen molar-refractivity contribution in [2.24, 2.45) is 0 Å². The van der Waals surface area contributed by atoms with Gasteiger partial charge in [0.05, 0.1) is 11.2 Å². The monoisotopic (exact) mass is 473 g/mol. The Morgan fingerprint density at radius 1 is 1.00 bits per heavy atom. The van der Waals surface area contributed by atoms with Crippen LogP contribution >= 0.6 is 0 Å². The highest BCUT2D eigenvalue weighted by molar-refractivity contribution is 6.10. The second-order valence-corrected chi connectivity index (χ2v) is 8.31. The first-order chi connectivity index (χ1) is 16.9. The van der Waals surface area contributed by atoms with Gasteiger partial charge in [0, 0.05) is 36.8 Å². The fourth-order valence-corrected chi connectivity index (χ4v) is 4.07. The molecular formula is C28H28FN3O3. The summed E-state index contributed by atoms with van der Waals surface area (Å²) in [6.45, 7) is 7.41. The Kier molecular flexibility index (Phi) is 7.15. The average molecular weight is 474 g/mol. The molecule has 180 valence electrons. The van der Waals surface area contributed by atoms with E-state index in [2.05, 4.69) is 22.0 Å². The van der Waals surface area contributed by atoms with Gasteiger partial charge in [0.1, 0.15) is 5.82 Å². The van der Waals surface area contributed by atoms with Crippen molar-refractivity contribution >= 4 is 28.6 Å². The van der Waals surface area contributed by atoms with E-state index in [1.54, 1.807) is 11.0 Å². The Balaban J connectivity index is 1.74. The maximum atomic E-state index is 13.7. The van der Waals surface area contributed by atoms with Gasteiger partial charge in [-0.1, -0.05) is 35.9 Å². The van der Waals surface area contributed by atoms with Gasteiger partial charge in [-0.05, 0) is 62.7 Å². The lowest BCUT2D eigenvalue weighted by Gasteiger charge is -2.20. The molecule has 7 heteroatoms. The summed E-state index contributed by atoms with van der Waals surface area (Å²) in [6, 6.07) is 19.1. The van der Waals surface area contributed by atoms with Gasteiger partial charge in [-0.2, -0.15) is 0 Å². The molecule has 0 aliphatic carbocycles. The van der Waals surface area contributed by atoms with Crippen LogP contribution in [0.25, 0.3) is 10.9 Å². The van der Waals surface area contributed by atoms with Crippen molar-refractivity contribution in [2.45, 2.75) is 27.3 Å². The lowest BCUT2D eigenvalue weighted by atomic mass is 10.1. The number of rotatable bonds is 7. The van der Waals surface area contributed by atoms with Crippen molar-refractivity contribution in [1.29, 1.82) is 0 Å². The summed E-state index contributed by atoms with van der Waals surface area (Å²) in [5.74, 6) is -0.774. The first-order valence-electron chi connectivity index (χ1n) is 11.6. The maximum Gasteiger partial charge on any atom is 0.415 e. The molecule has 0 saturated carbocycles. The number of amides is 2. The summed E-state index contributed by atoms with van der Waals surface area (Å²) >= 11 is 0.